The molecule has 0 radical (unpaired) electrons. The van der Waals surface area contributed by atoms with E-state index in [-0.39, 0.29) is 12.6 Å². The summed E-state index contributed by atoms with van der Waals surface area (Å²) in [7, 11) is 1.64. The van der Waals surface area contributed by atoms with Gasteiger partial charge < -0.3 is 14.0 Å². The van der Waals surface area contributed by atoms with Crippen molar-refractivity contribution in [1.29, 1.82) is 0 Å². The first-order chi connectivity index (χ1) is 10.8. The Kier molecular flexibility index (Phi) is 4.35. The molecule has 0 saturated carbocycles. The van der Waals surface area contributed by atoms with Gasteiger partial charge in [0.25, 0.3) is 0 Å². The largest absolute Gasteiger partial charge is 0.457 e. The average Bonchev–Trinajstić information content (AvgIpc) is 3.08. The highest BCUT2D eigenvalue weighted by atomic mass is 16.5. The summed E-state index contributed by atoms with van der Waals surface area (Å²) in [4.78, 5) is 12.8. The van der Waals surface area contributed by atoms with Gasteiger partial charge in [0.15, 0.2) is 0 Å². The second kappa shape index (κ2) is 6.77. The molecule has 3 aromatic heterocycles. The van der Waals surface area contributed by atoms with Crippen LogP contribution in [0.1, 0.15) is 11.4 Å². The summed E-state index contributed by atoms with van der Waals surface area (Å²) < 4.78 is 15.2. The van der Waals surface area contributed by atoms with Gasteiger partial charge in [-0.25, -0.2) is 9.97 Å². The van der Waals surface area contributed by atoms with Gasteiger partial charge in [-0.3, -0.25) is 4.98 Å². The molecule has 0 atom stereocenters. The third-order valence-corrected chi connectivity index (χ3v) is 2.86. The van der Waals surface area contributed by atoms with Crippen molar-refractivity contribution in [3.05, 3.63) is 54.3 Å². The first-order valence-electron chi connectivity index (χ1n) is 6.64. The van der Waals surface area contributed by atoms with Gasteiger partial charge in [-0.1, -0.05) is 11.2 Å². The van der Waals surface area contributed by atoms with Crippen LogP contribution in [0.5, 0.6) is 6.01 Å². The summed E-state index contributed by atoms with van der Waals surface area (Å²) in [6.07, 6.45) is 4.83. The number of pyridine rings is 1. The van der Waals surface area contributed by atoms with Crippen molar-refractivity contribution in [3.63, 3.8) is 0 Å². The molecule has 0 aliphatic heterocycles. The van der Waals surface area contributed by atoms with Crippen molar-refractivity contribution < 1.29 is 14.0 Å². The quantitative estimate of drug-likeness (QED) is 0.690. The minimum Gasteiger partial charge on any atom is -0.457 e. The third kappa shape index (κ3) is 3.44. The minimum atomic E-state index is 0.261. The van der Waals surface area contributed by atoms with Crippen molar-refractivity contribution in [3.8, 4) is 17.3 Å². The fourth-order valence-electron chi connectivity index (χ4n) is 1.84. The first-order valence-corrected chi connectivity index (χ1v) is 6.64. The number of rotatable bonds is 6. The predicted molar refractivity (Wildman–Crippen MR) is 76.8 cm³/mol. The summed E-state index contributed by atoms with van der Waals surface area (Å²) >= 11 is 0. The van der Waals surface area contributed by atoms with Crippen LogP contribution in [-0.4, -0.2) is 27.2 Å². The van der Waals surface area contributed by atoms with Crippen LogP contribution in [0, 0.1) is 0 Å². The molecule has 3 rings (SSSR count). The Bertz CT molecular complexity index is 714. The van der Waals surface area contributed by atoms with Gasteiger partial charge in [-0.05, 0) is 12.1 Å². The maximum Gasteiger partial charge on any atom is 0.316 e. The highest BCUT2D eigenvalue weighted by Crippen LogP contribution is 2.17. The highest BCUT2D eigenvalue weighted by Gasteiger charge is 2.05. The first kappa shape index (κ1) is 14.2. The predicted octanol–water partition coefficient (Wildman–Crippen LogP) is 2.25. The van der Waals surface area contributed by atoms with Crippen LogP contribution in [0.15, 0.2) is 47.4 Å². The van der Waals surface area contributed by atoms with Gasteiger partial charge in [0.1, 0.15) is 18.6 Å². The molecule has 0 saturated heterocycles. The van der Waals surface area contributed by atoms with E-state index < -0.39 is 0 Å². The summed E-state index contributed by atoms with van der Waals surface area (Å²) in [5.41, 5.74) is 3.14. The van der Waals surface area contributed by atoms with Crippen molar-refractivity contribution in [1.82, 2.24) is 20.1 Å². The fraction of sp³-hybridized carbons (Fsp3) is 0.200. The van der Waals surface area contributed by atoms with Gasteiger partial charge >= 0.3 is 6.01 Å². The van der Waals surface area contributed by atoms with E-state index in [0.717, 1.165) is 17.0 Å². The normalized spacial score (nSPS) is 10.6. The topological polar surface area (TPSA) is 83.2 Å². The van der Waals surface area contributed by atoms with Gasteiger partial charge in [-0.15, -0.1) is 0 Å². The number of ether oxygens (including phenoxy) is 2. The zero-order valence-corrected chi connectivity index (χ0v) is 12.0. The van der Waals surface area contributed by atoms with Gasteiger partial charge in [-0.2, -0.15) is 0 Å². The van der Waals surface area contributed by atoms with Crippen LogP contribution in [0.4, 0.5) is 0 Å². The van der Waals surface area contributed by atoms with Crippen LogP contribution < -0.4 is 4.74 Å². The van der Waals surface area contributed by atoms with Crippen molar-refractivity contribution in [2.45, 2.75) is 13.2 Å². The Hall–Kier alpha value is -2.80. The highest BCUT2D eigenvalue weighted by molar-refractivity contribution is 5.56. The van der Waals surface area contributed by atoms with E-state index in [4.69, 9.17) is 14.0 Å². The van der Waals surface area contributed by atoms with Crippen LogP contribution in [0.2, 0.25) is 0 Å². The maximum atomic E-state index is 5.42. The number of aromatic nitrogens is 4. The number of nitrogens with zero attached hydrogens (tertiary/aromatic N) is 4. The Labute approximate surface area is 126 Å². The Morgan fingerprint density at radius 1 is 1.05 bits per heavy atom. The molecule has 0 fully saturated rings. The molecule has 0 aliphatic carbocycles. The van der Waals surface area contributed by atoms with Crippen LogP contribution >= 0.6 is 0 Å². The fourth-order valence-corrected chi connectivity index (χ4v) is 1.84. The molecule has 7 heteroatoms. The molecule has 3 heterocycles. The monoisotopic (exact) mass is 298 g/mol. The molecule has 0 N–H and O–H groups in total. The zero-order chi connectivity index (χ0) is 15.2. The number of hydrogen-bond acceptors (Lipinski definition) is 7. The van der Waals surface area contributed by atoms with Gasteiger partial charge in [0.2, 0.25) is 0 Å². The lowest BCUT2D eigenvalue weighted by Crippen LogP contribution is -2.00. The second-order valence-electron chi connectivity index (χ2n) is 4.48. The molecule has 0 unspecified atom stereocenters. The van der Waals surface area contributed by atoms with Gasteiger partial charge in [0, 0.05) is 31.1 Å². The summed E-state index contributed by atoms with van der Waals surface area (Å²) in [5.74, 6) is 0. The lowest BCUT2D eigenvalue weighted by molar-refractivity contribution is 0.181. The molecule has 112 valence electrons. The van der Waals surface area contributed by atoms with E-state index in [1.807, 2.05) is 18.2 Å². The molecule has 0 amide bonds. The smallest absolute Gasteiger partial charge is 0.316 e. The Balaban J connectivity index is 1.69. The summed E-state index contributed by atoms with van der Waals surface area (Å²) in [6, 6.07) is 7.72. The Morgan fingerprint density at radius 3 is 2.64 bits per heavy atom. The number of hydrogen-bond donors (Lipinski definition) is 0. The average molecular weight is 298 g/mol. The van der Waals surface area contributed by atoms with E-state index >= 15 is 0 Å². The van der Waals surface area contributed by atoms with Crippen LogP contribution in [-0.2, 0) is 18.0 Å². The van der Waals surface area contributed by atoms with E-state index in [9.17, 15) is 0 Å². The van der Waals surface area contributed by atoms with Crippen LogP contribution in [0.3, 0.4) is 0 Å². The molecule has 0 aliphatic rings. The molecular weight excluding hydrogens is 284 g/mol. The lowest BCUT2D eigenvalue weighted by Gasteiger charge is -2.05. The summed E-state index contributed by atoms with van der Waals surface area (Å²) in [5, 5.41) is 3.75. The standard InChI is InChI=1S/C15H14N4O3/c1-20-9-12-3-2-4-14(18-12)11-7-16-15(17-8-11)21-10-13-5-6-22-19-13/h2-8H,9-10H2,1H3. The molecule has 3 aromatic rings. The van der Waals surface area contributed by atoms with E-state index in [2.05, 4.69) is 20.1 Å². The molecule has 0 spiro atoms. The second-order valence-corrected chi connectivity index (χ2v) is 4.48. The maximum absolute atomic E-state index is 5.42. The molecule has 22 heavy (non-hydrogen) atoms. The Morgan fingerprint density at radius 2 is 1.91 bits per heavy atom. The van der Waals surface area contributed by atoms with Gasteiger partial charge in [0.05, 0.1) is 18.0 Å². The van der Waals surface area contributed by atoms with E-state index in [1.54, 1.807) is 25.6 Å². The number of methoxy groups -OCH3 is 1. The summed E-state index contributed by atoms with van der Waals surface area (Å²) in [6.45, 7) is 0.727. The molecule has 0 bridgehead atoms. The lowest BCUT2D eigenvalue weighted by atomic mass is 10.2. The van der Waals surface area contributed by atoms with Crippen molar-refractivity contribution in [2.75, 3.05) is 7.11 Å². The van der Waals surface area contributed by atoms with Crippen molar-refractivity contribution >= 4 is 0 Å². The van der Waals surface area contributed by atoms with E-state index in [1.165, 1.54) is 6.26 Å². The van der Waals surface area contributed by atoms with Crippen molar-refractivity contribution in [2.24, 2.45) is 0 Å². The SMILES string of the molecule is COCc1cccc(-c2cnc(OCc3ccon3)nc2)n1. The zero-order valence-electron chi connectivity index (χ0n) is 12.0. The van der Waals surface area contributed by atoms with Crippen LogP contribution in [0.25, 0.3) is 11.3 Å². The molecular formula is C15H14N4O3. The molecule has 0 aromatic carbocycles. The van der Waals surface area contributed by atoms with E-state index in [0.29, 0.717) is 12.3 Å². The third-order valence-electron chi connectivity index (χ3n) is 2.86. The molecule has 7 nitrogen and oxygen atoms in total. The minimum absolute atomic E-state index is 0.261.